The van der Waals surface area contributed by atoms with Crippen LogP contribution in [0.5, 0.6) is 0 Å². The first kappa shape index (κ1) is 9.47. The summed E-state index contributed by atoms with van der Waals surface area (Å²) in [4.78, 5) is 3.47. The first-order chi connectivity index (χ1) is 5.43. The van der Waals surface area contributed by atoms with Gasteiger partial charge >= 0.3 is 6.18 Å². The Bertz CT molecular complexity index is 270. The molecule has 0 aliphatic heterocycles. The molecule has 0 unspecified atom stereocenters. The van der Waals surface area contributed by atoms with Crippen LogP contribution in [0.3, 0.4) is 0 Å². The van der Waals surface area contributed by atoms with Crippen molar-refractivity contribution in [2.24, 2.45) is 0 Å². The van der Waals surface area contributed by atoms with E-state index in [-0.39, 0.29) is 10.6 Å². The summed E-state index contributed by atoms with van der Waals surface area (Å²) in [6, 6.07) is 0. The molecule has 0 spiro atoms. The second kappa shape index (κ2) is 3.02. The molecule has 1 rings (SSSR count). The minimum Gasteiger partial charge on any atom is -0.379 e. The number of nitrogens with zero attached hydrogens (tertiary/aromatic N) is 1. The minimum atomic E-state index is -4.60. The summed E-state index contributed by atoms with van der Waals surface area (Å²) in [6.07, 6.45) is -7.00. The lowest BCUT2D eigenvalue weighted by Gasteiger charge is -2.12. The summed E-state index contributed by atoms with van der Waals surface area (Å²) in [7, 11) is 0. The summed E-state index contributed by atoms with van der Waals surface area (Å²) in [6.45, 7) is 1.43. The summed E-state index contributed by atoms with van der Waals surface area (Å²) in [5.41, 5.74) is 1.50. The van der Waals surface area contributed by atoms with Crippen LogP contribution < -0.4 is 0 Å². The van der Waals surface area contributed by atoms with Crippen LogP contribution in [-0.2, 0) is 0 Å². The van der Waals surface area contributed by atoms with Gasteiger partial charge in [-0.1, -0.05) is 0 Å². The maximum atomic E-state index is 11.9. The Labute approximate surface area is 70.7 Å². The summed E-state index contributed by atoms with van der Waals surface area (Å²) in [5, 5.41) is 8.77. The lowest BCUT2D eigenvalue weighted by Crippen LogP contribution is -2.19. The lowest BCUT2D eigenvalue weighted by atomic mass is 10.2. The zero-order valence-corrected chi connectivity index (χ0v) is 6.91. The van der Waals surface area contributed by atoms with Gasteiger partial charge < -0.3 is 5.11 Å². The molecule has 1 heterocycles. The number of thiazole rings is 1. The Balaban J connectivity index is 2.92. The van der Waals surface area contributed by atoms with E-state index in [2.05, 4.69) is 4.98 Å². The molecular formula is C6H6F3NOS. The first-order valence-corrected chi connectivity index (χ1v) is 3.95. The predicted molar refractivity (Wildman–Crippen MR) is 37.9 cm³/mol. The highest BCUT2D eigenvalue weighted by atomic mass is 32.1. The van der Waals surface area contributed by atoms with E-state index in [4.69, 9.17) is 5.11 Å². The molecule has 0 amide bonds. The van der Waals surface area contributed by atoms with E-state index in [1.807, 2.05) is 0 Å². The van der Waals surface area contributed by atoms with E-state index in [1.54, 1.807) is 0 Å². The standard InChI is InChI=1S/C6H6F3NOS/c1-3-4(12-2-10-3)5(11)6(7,8)9/h2,5,11H,1H3/t5-/m1/s1. The molecular weight excluding hydrogens is 191 g/mol. The van der Waals surface area contributed by atoms with Crippen molar-refractivity contribution in [3.05, 3.63) is 16.1 Å². The molecule has 1 atom stereocenters. The van der Waals surface area contributed by atoms with Gasteiger partial charge in [-0.25, -0.2) is 4.98 Å². The molecule has 0 bridgehead atoms. The van der Waals surface area contributed by atoms with Crippen LogP contribution in [-0.4, -0.2) is 16.3 Å². The van der Waals surface area contributed by atoms with Gasteiger partial charge in [-0.2, -0.15) is 13.2 Å². The van der Waals surface area contributed by atoms with E-state index < -0.39 is 12.3 Å². The highest BCUT2D eigenvalue weighted by Crippen LogP contribution is 2.35. The van der Waals surface area contributed by atoms with Crippen LogP contribution in [0.1, 0.15) is 16.7 Å². The smallest absolute Gasteiger partial charge is 0.379 e. The normalized spacial score (nSPS) is 14.8. The summed E-state index contributed by atoms with van der Waals surface area (Å²) < 4.78 is 35.8. The van der Waals surface area contributed by atoms with E-state index in [0.29, 0.717) is 0 Å². The van der Waals surface area contributed by atoms with Gasteiger partial charge in [-0.3, -0.25) is 0 Å². The molecule has 1 aromatic heterocycles. The van der Waals surface area contributed by atoms with Crippen LogP contribution in [0, 0.1) is 6.92 Å². The topological polar surface area (TPSA) is 33.1 Å². The third-order valence-electron chi connectivity index (χ3n) is 1.34. The second-order valence-electron chi connectivity index (χ2n) is 2.25. The molecule has 12 heavy (non-hydrogen) atoms. The molecule has 0 aromatic carbocycles. The molecule has 0 saturated heterocycles. The van der Waals surface area contributed by atoms with Crippen molar-refractivity contribution >= 4 is 11.3 Å². The van der Waals surface area contributed by atoms with Crippen molar-refractivity contribution in [1.29, 1.82) is 0 Å². The van der Waals surface area contributed by atoms with Crippen LogP contribution in [0.4, 0.5) is 13.2 Å². The van der Waals surface area contributed by atoms with Crippen molar-refractivity contribution in [1.82, 2.24) is 4.98 Å². The number of hydrogen-bond acceptors (Lipinski definition) is 3. The van der Waals surface area contributed by atoms with Gasteiger partial charge in [0.1, 0.15) is 0 Å². The van der Waals surface area contributed by atoms with Crippen molar-refractivity contribution < 1.29 is 18.3 Å². The molecule has 0 aliphatic carbocycles. The number of rotatable bonds is 1. The van der Waals surface area contributed by atoms with E-state index >= 15 is 0 Å². The quantitative estimate of drug-likeness (QED) is 0.747. The molecule has 0 radical (unpaired) electrons. The monoisotopic (exact) mass is 197 g/mol. The third kappa shape index (κ3) is 1.75. The van der Waals surface area contributed by atoms with E-state index in [0.717, 1.165) is 11.3 Å². The van der Waals surface area contributed by atoms with Crippen LogP contribution in [0.2, 0.25) is 0 Å². The molecule has 1 aromatic rings. The van der Waals surface area contributed by atoms with Gasteiger partial charge in [-0.15, -0.1) is 11.3 Å². The highest BCUT2D eigenvalue weighted by molar-refractivity contribution is 7.09. The maximum absolute atomic E-state index is 11.9. The Kier molecular flexibility index (Phi) is 2.39. The average molecular weight is 197 g/mol. The first-order valence-electron chi connectivity index (χ1n) is 3.07. The van der Waals surface area contributed by atoms with E-state index in [1.165, 1.54) is 12.4 Å². The minimum absolute atomic E-state index is 0.137. The van der Waals surface area contributed by atoms with Crippen molar-refractivity contribution in [3.63, 3.8) is 0 Å². The van der Waals surface area contributed by atoms with Crippen molar-refractivity contribution in [3.8, 4) is 0 Å². The van der Waals surface area contributed by atoms with Gasteiger partial charge in [0.15, 0.2) is 6.10 Å². The van der Waals surface area contributed by atoms with Gasteiger partial charge in [0.25, 0.3) is 0 Å². The number of aryl methyl sites for hydroxylation is 1. The lowest BCUT2D eigenvalue weighted by molar-refractivity contribution is -0.205. The van der Waals surface area contributed by atoms with Gasteiger partial charge in [0.2, 0.25) is 0 Å². The number of aliphatic hydroxyl groups is 1. The number of aromatic nitrogens is 1. The fraction of sp³-hybridized carbons (Fsp3) is 0.500. The molecule has 1 N–H and O–H groups in total. The molecule has 6 heteroatoms. The van der Waals surface area contributed by atoms with E-state index in [9.17, 15) is 13.2 Å². The molecule has 0 saturated carbocycles. The highest BCUT2D eigenvalue weighted by Gasteiger charge is 2.41. The van der Waals surface area contributed by atoms with Crippen LogP contribution in [0.15, 0.2) is 5.51 Å². The summed E-state index contributed by atoms with van der Waals surface area (Å²) >= 11 is 0.803. The fourth-order valence-electron chi connectivity index (χ4n) is 0.722. The number of alkyl halides is 3. The molecule has 0 fully saturated rings. The zero-order valence-electron chi connectivity index (χ0n) is 6.09. The predicted octanol–water partition coefficient (Wildman–Crippen LogP) is 2.05. The zero-order chi connectivity index (χ0) is 9.35. The SMILES string of the molecule is Cc1ncsc1[C@@H](O)C(F)(F)F. The number of aliphatic hydroxyl groups excluding tert-OH is 1. The van der Waals surface area contributed by atoms with Crippen molar-refractivity contribution in [2.45, 2.75) is 19.2 Å². The van der Waals surface area contributed by atoms with Gasteiger partial charge in [0.05, 0.1) is 16.1 Å². The molecule has 0 aliphatic rings. The largest absolute Gasteiger partial charge is 0.419 e. The fourth-order valence-corrected chi connectivity index (χ4v) is 1.53. The summed E-state index contributed by atoms with van der Waals surface area (Å²) in [5.74, 6) is 0. The van der Waals surface area contributed by atoms with Crippen LogP contribution >= 0.6 is 11.3 Å². The Morgan fingerprint density at radius 2 is 2.17 bits per heavy atom. The molecule has 2 nitrogen and oxygen atoms in total. The maximum Gasteiger partial charge on any atom is 0.419 e. The number of halogens is 3. The molecule has 68 valence electrons. The third-order valence-corrected chi connectivity index (χ3v) is 2.32. The Morgan fingerprint density at radius 1 is 1.58 bits per heavy atom. The van der Waals surface area contributed by atoms with Crippen LogP contribution in [0.25, 0.3) is 0 Å². The Hall–Kier alpha value is -0.620. The van der Waals surface area contributed by atoms with Gasteiger partial charge in [-0.05, 0) is 6.92 Å². The van der Waals surface area contributed by atoms with Gasteiger partial charge in [0, 0.05) is 0 Å². The van der Waals surface area contributed by atoms with Crippen molar-refractivity contribution in [2.75, 3.05) is 0 Å². The average Bonchev–Trinajstić information content (AvgIpc) is 2.31. The Morgan fingerprint density at radius 3 is 2.50 bits per heavy atom. The second-order valence-corrected chi connectivity index (χ2v) is 3.13. The number of hydrogen-bond donors (Lipinski definition) is 1.